The fourth-order valence-electron chi connectivity index (χ4n) is 1.69. The monoisotopic (exact) mass is 243 g/mol. The Morgan fingerprint density at radius 2 is 1.94 bits per heavy atom. The number of hydrogen-bond acceptors (Lipinski definition) is 4. The molecule has 90 valence electrons. The smallest absolute Gasteiger partial charge is 0.254 e. The van der Waals surface area contributed by atoms with E-state index in [4.69, 9.17) is 5.26 Å². The van der Waals surface area contributed by atoms with Gasteiger partial charge in [-0.25, -0.2) is 0 Å². The van der Waals surface area contributed by atoms with Crippen molar-refractivity contribution in [3.8, 4) is 6.07 Å². The van der Waals surface area contributed by atoms with Crippen LogP contribution < -0.4 is 5.32 Å². The van der Waals surface area contributed by atoms with Crippen LogP contribution in [0, 0.1) is 11.3 Å². The molecule has 6 nitrogen and oxygen atoms in total. The maximum atomic E-state index is 12.0. The summed E-state index contributed by atoms with van der Waals surface area (Å²) >= 11 is 0. The molecule has 0 saturated carbocycles. The van der Waals surface area contributed by atoms with Crippen molar-refractivity contribution in [2.24, 2.45) is 0 Å². The lowest BCUT2D eigenvalue weighted by atomic mass is 10.1. The highest BCUT2D eigenvalue weighted by Crippen LogP contribution is 2.09. The number of amides is 3. The van der Waals surface area contributed by atoms with E-state index in [0.717, 1.165) is 4.90 Å². The summed E-state index contributed by atoms with van der Waals surface area (Å²) in [5.74, 6) is -1.44. The van der Waals surface area contributed by atoms with Crippen molar-refractivity contribution in [1.82, 2.24) is 10.2 Å². The first-order valence-electron chi connectivity index (χ1n) is 5.22. The van der Waals surface area contributed by atoms with Crippen molar-refractivity contribution in [2.45, 2.75) is 0 Å². The zero-order valence-electron chi connectivity index (χ0n) is 9.34. The minimum absolute atomic E-state index is 0.151. The first-order valence-corrected chi connectivity index (χ1v) is 5.22. The van der Waals surface area contributed by atoms with Gasteiger partial charge in [0, 0.05) is 5.56 Å². The molecular formula is C12H9N3O3. The Labute approximate surface area is 103 Å². The molecule has 3 amide bonds. The maximum Gasteiger partial charge on any atom is 0.254 e. The number of carbonyl (C=O) groups is 3. The van der Waals surface area contributed by atoms with Gasteiger partial charge in [-0.05, 0) is 18.2 Å². The van der Waals surface area contributed by atoms with Gasteiger partial charge < -0.3 is 4.90 Å². The second-order valence-corrected chi connectivity index (χ2v) is 3.83. The van der Waals surface area contributed by atoms with Crippen LogP contribution >= 0.6 is 0 Å². The summed E-state index contributed by atoms with van der Waals surface area (Å²) in [7, 11) is 0. The van der Waals surface area contributed by atoms with Gasteiger partial charge in [0.15, 0.2) is 0 Å². The summed E-state index contributed by atoms with van der Waals surface area (Å²) in [6, 6.07) is 8.05. The van der Waals surface area contributed by atoms with Crippen LogP contribution in [-0.2, 0) is 9.59 Å². The average Bonchev–Trinajstić information content (AvgIpc) is 2.37. The van der Waals surface area contributed by atoms with Crippen LogP contribution in [0.4, 0.5) is 0 Å². The molecule has 1 N–H and O–H groups in total. The van der Waals surface area contributed by atoms with Crippen LogP contribution in [0.25, 0.3) is 0 Å². The van der Waals surface area contributed by atoms with E-state index < -0.39 is 17.7 Å². The van der Waals surface area contributed by atoms with Crippen LogP contribution in [0.2, 0.25) is 0 Å². The van der Waals surface area contributed by atoms with E-state index >= 15 is 0 Å². The van der Waals surface area contributed by atoms with Crippen LogP contribution in [0.15, 0.2) is 24.3 Å². The number of nitrogens with one attached hydrogen (secondary N) is 1. The lowest BCUT2D eigenvalue weighted by molar-refractivity contribution is -0.135. The highest BCUT2D eigenvalue weighted by molar-refractivity contribution is 6.05. The molecule has 2 rings (SSSR count). The maximum absolute atomic E-state index is 12.0. The topological polar surface area (TPSA) is 90.3 Å². The third-order valence-corrected chi connectivity index (χ3v) is 2.47. The number of nitrogens with zero attached hydrogens (tertiary/aromatic N) is 2. The third-order valence-electron chi connectivity index (χ3n) is 2.47. The molecule has 0 atom stereocenters. The number of nitriles is 1. The Kier molecular flexibility index (Phi) is 3.06. The molecule has 0 bridgehead atoms. The molecule has 1 saturated heterocycles. The molecule has 1 fully saturated rings. The molecule has 1 heterocycles. The van der Waals surface area contributed by atoms with Crippen molar-refractivity contribution in [3.05, 3.63) is 35.4 Å². The van der Waals surface area contributed by atoms with Crippen molar-refractivity contribution in [2.75, 3.05) is 13.1 Å². The summed E-state index contributed by atoms with van der Waals surface area (Å²) in [5, 5.41) is 10.9. The van der Waals surface area contributed by atoms with Crippen molar-refractivity contribution in [3.63, 3.8) is 0 Å². The molecule has 0 aliphatic carbocycles. The van der Waals surface area contributed by atoms with Crippen LogP contribution in [0.1, 0.15) is 15.9 Å². The molecule has 1 aliphatic heterocycles. The lowest BCUT2D eigenvalue weighted by Gasteiger charge is -2.25. The summed E-state index contributed by atoms with van der Waals surface area (Å²) in [5.41, 5.74) is 0.644. The molecular weight excluding hydrogens is 234 g/mol. The number of benzene rings is 1. The Balaban J connectivity index is 2.23. The molecule has 6 heteroatoms. The fourth-order valence-corrected chi connectivity index (χ4v) is 1.69. The SMILES string of the molecule is N#Cc1cccc(C(=O)N2CC(=O)NC(=O)C2)c1. The van der Waals surface area contributed by atoms with E-state index in [1.54, 1.807) is 18.2 Å². The van der Waals surface area contributed by atoms with Gasteiger partial charge in [0.25, 0.3) is 5.91 Å². The van der Waals surface area contributed by atoms with E-state index in [9.17, 15) is 14.4 Å². The Morgan fingerprint density at radius 1 is 1.28 bits per heavy atom. The van der Waals surface area contributed by atoms with Crippen LogP contribution in [0.5, 0.6) is 0 Å². The molecule has 1 aliphatic rings. The summed E-state index contributed by atoms with van der Waals surface area (Å²) in [4.78, 5) is 35.5. The van der Waals surface area contributed by atoms with Gasteiger partial charge in [0.1, 0.15) is 13.1 Å². The van der Waals surface area contributed by atoms with E-state index in [0.29, 0.717) is 5.56 Å². The van der Waals surface area contributed by atoms with Gasteiger partial charge in [-0.1, -0.05) is 6.07 Å². The highest BCUT2D eigenvalue weighted by Gasteiger charge is 2.27. The van der Waals surface area contributed by atoms with Crippen molar-refractivity contribution in [1.29, 1.82) is 5.26 Å². The minimum Gasteiger partial charge on any atom is -0.320 e. The van der Waals surface area contributed by atoms with E-state index in [-0.39, 0.29) is 18.7 Å². The van der Waals surface area contributed by atoms with Crippen LogP contribution in [0.3, 0.4) is 0 Å². The number of piperazine rings is 1. The second-order valence-electron chi connectivity index (χ2n) is 3.83. The lowest BCUT2D eigenvalue weighted by Crippen LogP contribution is -2.53. The number of imide groups is 1. The van der Waals surface area contributed by atoms with Gasteiger partial charge in [0.05, 0.1) is 11.6 Å². The first kappa shape index (κ1) is 11.8. The van der Waals surface area contributed by atoms with Gasteiger partial charge in [-0.2, -0.15) is 5.26 Å². The average molecular weight is 243 g/mol. The predicted octanol–water partition coefficient (Wildman–Crippen LogP) is -0.343. The summed E-state index contributed by atoms with van der Waals surface area (Å²) < 4.78 is 0. The number of rotatable bonds is 1. The molecule has 18 heavy (non-hydrogen) atoms. The normalized spacial score (nSPS) is 14.9. The van der Waals surface area contributed by atoms with Crippen LogP contribution in [-0.4, -0.2) is 35.7 Å². The number of hydrogen-bond donors (Lipinski definition) is 1. The van der Waals surface area contributed by atoms with Gasteiger partial charge in [-0.3, -0.25) is 19.7 Å². The largest absolute Gasteiger partial charge is 0.320 e. The molecule has 0 unspecified atom stereocenters. The quantitative estimate of drug-likeness (QED) is 0.683. The first-order chi connectivity index (χ1) is 8.60. The Bertz CT molecular complexity index is 558. The highest BCUT2D eigenvalue weighted by atomic mass is 16.2. The standard InChI is InChI=1S/C12H9N3O3/c13-5-8-2-1-3-9(4-8)12(18)15-6-10(16)14-11(17)7-15/h1-4H,6-7H2,(H,14,16,17). The molecule has 0 spiro atoms. The molecule has 0 radical (unpaired) electrons. The fraction of sp³-hybridized carbons (Fsp3) is 0.167. The Hall–Kier alpha value is -2.68. The third kappa shape index (κ3) is 2.35. The van der Waals surface area contributed by atoms with Gasteiger partial charge in [-0.15, -0.1) is 0 Å². The zero-order chi connectivity index (χ0) is 13.1. The number of carbonyl (C=O) groups excluding carboxylic acids is 3. The van der Waals surface area contributed by atoms with Gasteiger partial charge in [0.2, 0.25) is 11.8 Å². The minimum atomic E-state index is -0.504. The Morgan fingerprint density at radius 3 is 2.56 bits per heavy atom. The zero-order valence-corrected chi connectivity index (χ0v) is 9.34. The van der Waals surface area contributed by atoms with Gasteiger partial charge >= 0.3 is 0 Å². The van der Waals surface area contributed by atoms with E-state index in [2.05, 4.69) is 5.32 Å². The van der Waals surface area contributed by atoms with Crippen molar-refractivity contribution < 1.29 is 14.4 Å². The second kappa shape index (κ2) is 4.67. The predicted molar refractivity (Wildman–Crippen MR) is 60.2 cm³/mol. The summed E-state index contributed by atoms with van der Waals surface area (Å²) in [6.07, 6.45) is 0. The molecule has 1 aromatic carbocycles. The molecule has 0 aromatic heterocycles. The van der Waals surface area contributed by atoms with E-state index in [1.807, 2.05) is 6.07 Å². The molecule has 1 aromatic rings. The summed E-state index contributed by atoms with van der Waals surface area (Å²) in [6.45, 7) is -0.303. The van der Waals surface area contributed by atoms with Crippen molar-refractivity contribution >= 4 is 17.7 Å². The van der Waals surface area contributed by atoms with E-state index in [1.165, 1.54) is 6.07 Å².